The second kappa shape index (κ2) is 2.76. The Labute approximate surface area is 82.5 Å². The molecule has 76 valence electrons. The third-order valence-corrected chi connectivity index (χ3v) is 3.95. The van der Waals surface area contributed by atoms with Gasteiger partial charge in [0.2, 0.25) is 0 Å². The zero-order valence-corrected chi connectivity index (χ0v) is 8.11. The maximum absolute atomic E-state index is 6.11. The van der Waals surface area contributed by atoms with E-state index in [-0.39, 0.29) is 6.04 Å². The zero-order chi connectivity index (χ0) is 9.60. The summed E-state index contributed by atoms with van der Waals surface area (Å²) in [5, 5.41) is 13.9. The first-order valence-corrected chi connectivity index (χ1v) is 5.31. The molecule has 1 aromatic rings. The van der Waals surface area contributed by atoms with Gasteiger partial charge in [0.05, 0.1) is 6.04 Å². The van der Waals surface area contributed by atoms with Gasteiger partial charge in [-0.05, 0) is 30.6 Å². The summed E-state index contributed by atoms with van der Waals surface area (Å²) in [5.41, 5.74) is 6.67. The third kappa shape index (κ3) is 1.08. The second-order valence-corrected chi connectivity index (χ2v) is 4.68. The van der Waals surface area contributed by atoms with E-state index in [1.165, 1.54) is 32.1 Å². The van der Waals surface area contributed by atoms with Crippen molar-refractivity contribution >= 4 is 0 Å². The molecule has 2 unspecified atom stereocenters. The molecule has 2 saturated carbocycles. The molecule has 5 nitrogen and oxygen atoms in total. The third-order valence-electron chi connectivity index (χ3n) is 3.95. The van der Waals surface area contributed by atoms with Gasteiger partial charge >= 0.3 is 0 Å². The van der Waals surface area contributed by atoms with Crippen LogP contribution in [-0.2, 0) is 0 Å². The van der Waals surface area contributed by atoms with Crippen LogP contribution in [0.5, 0.6) is 0 Å². The molecule has 0 bridgehead atoms. The Kier molecular flexibility index (Phi) is 1.65. The summed E-state index contributed by atoms with van der Waals surface area (Å²) in [4.78, 5) is 0. The number of nitrogens with zero attached hydrogens (tertiary/aromatic N) is 3. The van der Waals surface area contributed by atoms with Crippen LogP contribution in [0, 0.1) is 11.3 Å². The Balaban J connectivity index is 1.74. The van der Waals surface area contributed by atoms with Crippen molar-refractivity contribution in [2.24, 2.45) is 17.1 Å². The van der Waals surface area contributed by atoms with Crippen molar-refractivity contribution < 1.29 is 0 Å². The minimum Gasteiger partial charge on any atom is -0.321 e. The van der Waals surface area contributed by atoms with Crippen molar-refractivity contribution in [2.75, 3.05) is 0 Å². The number of H-pyrrole nitrogens is 1. The molecule has 0 radical (unpaired) electrons. The highest BCUT2D eigenvalue weighted by molar-refractivity contribution is 5.11. The molecule has 0 aliphatic heterocycles. The Morgan fingerprint density at radius 2 is 2.21 bits per heavy atom. The van der Waals surface area contributed by atoms with E-state index in [9.17, 15) is 0 Å². The molecule has 0 saturated heterocycles. The van der Waals surface area contributed by atoms with Gasteiger partial charge in [0, 0.05) is 0 Å². The van der Waals surface area contributed by atoms with E-state index in [0.717, 1.165) is 0 Å². The monoisotopic (exact) mass is 193 g/mol. The number of nitrogens with two attached hydrogens (primary N) is 1. The molecular formula is C9H15N5. The number of tetrazole rings is 1. The largest absolute Gasteiger partial charge is 0.321 e. The Hall–Kier alpha value is -0.970. The van der Waals surface area contributed by atoms with E-state index in [1.807, 2.05) is 0 Å². The van der Waals surface area contributed by atoms with E-state index in [0.29, 0.717) is 17.2 Å². The predicted octanol–water partition coefficient (Wildman–Crippen LogP) is 0.780. The number of aromatic nitrogens is 4. The van der Waals surface area contributed by atoms with Crippen molar-refractivity contribution in [3.05, 3.63) is 5.82 Å². The van der Waals surface area contributed by atoms with Gasteiger partial charge in [-0.15, -0.1) is 10.2 Å². The summed E-state index contributed by atoms with van der Waals surface area (Å²) in [5.74, 6) is 1.28. The van der Waals surface area contributed by atoms with Crippen LogP contribution in [0.25, 0.3) is 0 Å². The minimum absolute atomic E-state index is 0.00755. The van der Waals surface area contributed by atoms with Gasteiger partial charge < -0.3 is 5.73 Å². The highest BCUT2D eigenvalue weighted by Crippen LogP contribution is 2.65. The fourth-order valence-corrected chi connectivity index (χ4v) is 3.03. The molecule has 3 rings (SSSR count). The molecule has 2 aliphatic carbocycles. The van der Waals surface area contributed by atoms with Crippen LogP contribution >= 0.6 is 0 Å². The van der Waals surface area contributed by atoms with E-state index in [4.69, 9.17) is 5.73 Å². The quantitative estimate of drug-likeness (QED) is 0.727. The van der Waals surface area contributed by atoms with Crippen LogP contribution in [0.3, 0.4) is 0 Å². The highest BCUT2D eigenvalue weighted by Gasteiger charge is 2.58. The molecule has 0 aromatic carbocycles. The lowest BCUT2D eigenvalue weighted by atomic mass is 9.98. The van der Waals surface area contributed by atoms with Crippen molar-refractivity contribution in [3.63, 3.8) is 0 Å². The van der Waals surface area contributed by atoms with Crippen LogP contribution < -0.4 is 5.73 Å². The molecule has 3 N–H and O–H groups in total. The number of hydrogen-bond donors (Lipinski definition) is 2. The average Bonchev–Trinajstić information content (AvgIpc) is 2.62. The fraction of sp³-hybridized carbons (Fsp3) is 0.889. The van der Waals surface area contributed by atoms with Gasteiger partial charge in [-0.1, -0.05) is 18.1 Å². The molecule has 2 atom stereocenters. The Morgan fingerprint density at radius 3 is 2.86 bits per heavy atom. The first kappa shape index (κ1) is 8.35. The molecule has 1 aromatic heterocycles. The van der Waals surface area contributed by atoms with E-state index in [1.54, 1.807) is 0 Å². The van der Waals surface area contributed by atoms with Crippen LogP contribution in [0.2, 0.25) is 0 Å². The van der Waals surface area contributed by atoms with Gasteiger partial charge in [-0.3, -0.25) is 0 Å². The molecule has 1 heterocycles. The number of nitrogens with one attached hydrogen (secondary N) is 1. The van der Waals surface area contributed by atoms with Crippen LogP contribution in [0.15, 0.2) is 0 Å². The lowest BCUT2D eigenvalue weighted by Gasteiger charge is -2.11. The summed E-state index contributed by atoms with van der Waals surface area (Å²) in [6.07, 6.45) is 6.71. The van der Waals surface area contributed by atoms with E-state index in [2.05, 4.69) is 20.6 Å². The normalized spacial score (nSPS) is 30.8. The van der Waals surface area contributed by atoms with Crippen molar-refractivity contribution in [1.29, 1.82) is 0 Å². The van der Waals surface area contributed by atoms with Crippen molar-refractivity contribution in [2.45, 2.75) is 38.1 Å². The summed E-state index contributed by atoms with van der Waals surface area (Å²) in [6, 6.07) is -0.00755. The maximum Gasteiger partial charge on any atom is 0.191 e. The number of hydrogen-bond acceptors (Lipinski definition) is 4. The van der Waals surface area contributed by atoms with Gasteiger partial charge in [0.1, 0.15) is 0 Å². The Bertz CT molecular complexity index is 314. The first-order chi connectivity index (χ1) is 6.82. The average molecular weight is 193 g/mol. The molecule has 5 heteroatoms. The van der Waals surface area contributed by atoms with Crippen LogP contribution in [0.4, 0.5) is 0 Å². The second-order valence-electron chi connectivity index (χ2n) is 4.68. The highest BCUT2D eigenvalue weighted by atomic mass is 15.5. The van der Waals surface area contributed by atoms with E-state index < -0.39 is 0 Å². The Morgan fingerprint density at radius 1 is 1.43 bits per heavy atom. The zero-order valence-electron chi connectivity index (χ0n) is 8.11. The lowest BCUT2D eigenvalue weighted by molar-refractivity contribution is 0.420. The van der Waals surface area contributed by atoms with E-state index >= 15 is 0 Å². The molecule has 0 amide bonds. The molecule has 1 spiro atoms. The molecule has 2 aliphatic rings. The number of aromatic amines is 1. The molecule has 14 heavy (non-hydrogen) atoms. The SMILES string of the molecule is NC(c1nn[nH]n1)C1CC12CCCC2. The maximum atomic E-state index is 6.11. The summed E-state index contributed by atoms with van der Waals surface area (Å²) < 4.78 is 0. The lowest BCUT2D eigenvalue weighted by Crippen LogP contribution is -2.18. The van der Waals surface area contributed by atoms with Crippen molar-refractivity contribution in [3.8, 4) is 0 Å². The van der Waals surface area contributed by atoms with Gasteiger partial charge in [0.15, 0.2) is 5.82 Å². The predicted molar refractivity (Wildman–Crippen MR) is 50.1 cm³/mol. The molecule has 2 fully saturated rings. The fourth-order valence-electron chi connectivity index (χ4n) is 3.03. The number of rotatable bonds is 2. The van der Waals surface area contributed by atoms with Gasteiger partial charge in [-0.2, -0.15) is 5.21 Å². The standard InChI is InChI=1S/C9H15N5/c10-7(8-11-13-14-12-8)6-5-9(6)3-1-2-4-9/h6-7H,1-5,10H2,(H,11,12,13,14). The van der Waals surface area contributed by atoms with Crippen molar-refractivity contribution in [1.82, 2.24) is 20.6 Å². The topological polar surface area (TPSA) is 80.5 Å². The smallest absolute Gasteiger partial charge is 0.191 e. The van der Waals surface area contributed by atoms with Crippen LogP contribution in [0.1, 0.15) is 44.0 Å². The minimum atomic E-state index is -0.00755. The summed E-state index contributed by atoms with van der Waals surface area (Å²) in [7, 11) is 0. The summed E-state index contributed by atoms with van der Waals surface area (Å²) in [6.45, 7) is 0. The first-order valence-electron chi connectivity index (χ1n) is 5.31. The van der Waals surface area contributed by atoms with Gasteiger partial charge in [-0.25, -0.2) is 0 Å². The van der Waals surface area contributed by atoms with Crippen LogP contribution in [-0.4, -0.2) is 20.6 Å². The summed E-state index contributed by atoms with van der Waals surface area (Å²) >= 11 is 0. The molecular weight excluding hydrogens is 178 g/mol. The van der Waals surface area contributed by atoms with Gasteiger partial charge in [0.25, 0.3) is 0 Å².